The van der Waals surface area contributed by atoms with Crippen molar-refractivity contribution in [3.05, 3.63) is 0 Å². The molecule has 1 rings (SSSR count). The molecule has 8 heavy (non-hydrogen) atoms. The Morgan fingerprint density at radius 2 is 2.38 bits per heavy atom. The summed E-state index contributed by atoms with van der Waals surface area (Å²) >= 11 is 0. The van der Waals surface area contributed by atoms with E-state index in [1.807, 2.05) is 6.92 Å². The quantitative estimate of drug-likeness (QED) is 0.506. The van der Waals surface area contributed by atoms with Gasteiger partial charge in [-0.3, -0.25) is 0 Å². The molecule has 0 unspecified atom stereocenters. The van der Waals surface area contributed by atoms with Crippen LogP contribution < -0.4 is 0 Å². The lowest BCUT2D eigenvalue weighted by Gasteiger charge is -2.19. The minimum atomic E-state index is -0.847. The van der Waals surface area contributed by atoms with Crippen LogP contribution >= 0.6 is 0 Å². The van der Waals surface area contributed by atoms with Gasteiger partial charge in [0, 0.05) is 5.92 Å². The fourth-order valence-electron chi connectivity index (χ4n) is 0.852. The van der Waals surface area contributed by atoms with Crippen molar-refractivity contribution in [2.24, 2.45) is 5.92 Å². The van der Waals surface area contributed by atoms with Crippen molar-refractivity contribution in [3.63, 3.8) is 0 Å². The Morgan fingerprint density at radius 1 is 1.75 bits per heavy atom. The molecule has 0 aromatic carbocycles. The summed E-state index contributed by atoms with van der Waals surface area (Å²) in [5.74, 6) is -0.553. The van der Waals surface area contributed by atoms with E-state index < -0.39 is 5.79 Å². The topological polar surface area (TPSA) is 29.5 Å². The molecule has 2 heteroatoms. The molecule has 1 fully saturated rings. The van der Waals surface area contributed by atoms with Crippen LogP contribution in [0.15, 0.2) is 0 Å². The largest absolute Gasteiger partial charge is 0.365 e. The summed E-state index contributed by atoms with van der Waals surface area (Å²) in [4.78, 5) is 0. The van der Waals surface area contributed by atoms with Gasteiger partial charge in [0.05, 0.1) is 6.61 Å². The summed E-state index contributed by atoms with van der Waals surface area (Å²) in [7, 11) is 0. The maximum Gasteiger partial charge on any atom is 0.165 e. The Labute approximate surface area is 49.5 Å². The van der Waals surface area contributed by atoms with Gasteiger partial charge < -0.3 is 9.84 Å². The lowest BCUT2D eigenvalue weighted by molar-refractivity contribution is -0.176. The van der Waals surface area contributed by atoms with Crippen LogP contribution in [-0.4, -0.2) is 17.5 Å². The van der Waals surface area contributed by atoms with Crippen LogP contribution in [0.1, 0.15) is 20.3 Å². The van der Waals surface area contributed by atoms with Crippen LogP contribution in [0.4, 0.5) is 0 Å². The first kappa shape index (κ1) is 6.05. The van der Waals surface area contributed by atoms with Gasteiger partial charge in [-0.1, -0.05) is 6.92 Å². The highest BCUT2D eigenvalue weighted by atomic mass is 16.6. The molecule has 1 saturated heterocycles. The third kappa shape index (κ3) is 0.858. The van der Waals surface area contributed by atoms with E-state index in [1.165, 1.54) is 0 Å². The zero-order valence-electron chi connectivity index (χ0n) is 5.35. The van der Waals surface area contributed by atoms with Crippen molar-refractivity contribution in [3.8, 4) is 0 Å². The molecule has 1 aliphatic rings. The van der Waals surface area contributed by atoms with E-state index in [2.05, 4.69) is 0 Å². The Hall–Kier alpha value is -0.0800. The molecule has 0 amide bonds. The predicted octanol–water partition coefficient (Wildman–Crippen LogP) is 0.751. The molecule has 0 radical (unpaired) electrons. The number of aliphatic hydroxyl groups is 1. The molecule has 1 heterocycles. The van der Waals surface area contributed by atoms with Gasteiger partial charge in [-0.25, -0.2) is 0 Å². The summed E-state index contributed by atoms with van der Waals surface area (Å²) in [5, 5.41) is 9.24. The third-order valence-corrected chi connectivity index (χ3v) is 1.86. The molecule has 0 spiro atoms. The zero-order chi connectivity index (χ0) is 6.20. The summed E-state index contributed by atoms with van der Waals surface area (Å²) < 4.78 is 5.01. The Bertz CT molecular complexity index is 88.5. The molecule has 1 aliphatic heterocycles. The first-order valence-electron chi connectivity index (χ1n) is 2.99. The van der Waals surface area contributed by atoms with E-state index in [4.69, 9.17) is 4.74 Å². The fourth-order valence-corrected chi connectivity index (χ4v) is 0.852. The zero-order valence-corrected chi connectivity index (χ0v) is 5.35. The molecular weight excluding hydrogens is 104 g/mol. The van der Waals surface area contributed by atoms with Gasteiger partial charge >= 0.3 is 0 Å². The van der Waals surface area contributed by atoms with Gasteiger partial charge in [-0.2, -0.15) is 0 Å². The predicted molar refractivity (Wildman–Crippen MR) is 30.4 cm³/mol. The standard InChI is InChI=1S/C6H12O2/c1-5-3-4-8-6(5,2)7/h5,7H,3-4H2,1-2H3/t5-,6-/m0/s1. The van der Waals surface area contributed by atoms with E-state index >= 15 is 0 Å². The Kier molecular flexibility index (Phi) is 1.29. The monoisotopic (exact) mass is 116 g/mol. The highest BCUT2D eigenvalue weighted by Crippen LogP contribution is 2.27. The highest BCUT2D eigenvalue weighted by molar-refractivity contribution is 4.74. The summed E-state index contributed by atoms with van der Waals surface area (Å²) in [6, 6.07) is 0. The second-order valence-electron chi connectivity index (χ2n) is 2.59. The van der Waals surface area contributed by atoms with E-state index in [0.717, 1.165) is 6.42 Å². The number of hydrogen-bond acceptors (Lipinski definition) is 2. The molecule has 48 valence electrons. The second kappa shape index (κ2) is 1.71. The average Bonchev–Trinajstić information content (AvgIpc) is 1.86. The van der Waals surface area contributed by atoms with E-state index in [1.54, 1.807) is 6.92 Å². The average molecular weight is 116 g/mol. The summed E-state index contributed by atoms with van der Waals surface area (Å²) in [6.07, 6.45) is 0.979. The van der Waals surface area contributed by atoms with E-state index in [-0.39, 0.29) is 0 Å². The van der Waals surface area contributed by atoms with Crippen molar-refractivity contribution in [1.29, 1.82) is 0 Å². The lowest BCUT2D eigenvalue weighted by atomic mass is 10.0. The van der Waals surface area contributed by atoms with Crippen LogP contribution in [0.2, 0.25) is 0 Å². The first-order chi connectivity index (χ1) is 3.63. The van der Waals surface area contributed by atoms with Crippen molar-refractivity contribution in [2.75, 3.05) is 6.61 Å². The number of rotatable bonds is 0. The normalized spacial score (nSPS) is 47.6. The van der Waals surface area contributed by atoms with E-state index in [9.17, 15) is 5.11 Å². The number of hydrogen-bond donors (Lipinski definition) is 1. The van der Waals surface area contributed by atoms with Gasteiger partial charge in [0.15, 0.2) is 5.79 Å². The fraction of sp³-hybridized carbons (Fsp3) is 1.00. The molecular formula is C6H12O2. The van der Waals surface area contributed by atoms with Crippen molar-refractivity contribution < 1.29 is 9.84 Å². The lowest BCUT2D eigenvalue weighted by Crippen LogP contribution is -2.28. The van der Waals surface area contributed by atoms with Crippen LogP contribution in [0, 0.1) is 5.92 Å². The third-order valence-electron chi connectivity index (χ3n) is 1.86. The molecule has 0 saturated carbocycles. The Balaban J connectivity index is 2.54. The van der Waals surface area contributed by atoms with Crippen LogP contribution in [-0.2, 0) is 4.74 Å². The van der Waals surface area contributed by atoms with Crippen LogP contribution in [0.5, 0.6) is 0 Å². The molecule has 2 nitrogen and oxygen atoms in total. The minimum absolute atomic E-state index is 0.294. The molecule has 0 aliphatic carbocycles. The van der Waals surface area contributed by atoms with Crippen LogP contribution in [0.25, 0.3) is 0 Å². The van der Waals surface area contributed by atoms with Crippen LogP contribution in [0.3, 0.4) is 0 Å². The summed E-state index contributed by atoms with van der Waals surface area (Å²) in [6.45, 7) is 4.41. The minimum Gasteiger partial charge on any atom is -0.365 e. The number of ether oxygens (including phenoxy) is 1. The summed E-state index contributed by atoms with van der Waals surface area (Å²) in [5.41, 5.74) is 0. The highest BCUT2D eigenvalue weighted by Gasteiger charge is 2.34. The first-order valence-corrected chi connectivity index (χ1v) is 2.99. The van der Waals surface area contributed by atoms with E-state index in [0.29, 0.717) is 12.5 Å². The maximum atomic E-state index is 9.24. The Morgan fingerprint density at radius 3 is 2.50 bits per heavy atom. The van der Waals surface area contributed by atoms with Gasteiger partial charge in [0.25, 0.3) is 0 Å². The molecule has 0 bridgehead atoms. The second-order valence-corrected chi connectivity index (χ2v) is 2.59. The van der Waals surface area contributed by atoms with Gasteiger partial charge in [0.1, 0.15) is 0 Å². The molecule has 0 aromatic heterocycles. The van der Waals surface area contributed by atoms with Crippen molar-refractivity contribution in [1.82, 2.24) is 0 Å². The van der Waals surface area contributed by atoms with Crippen molar-refractivity contribution in [2.45, 2.75) is 26.1 Å². The maximum absolute atomic E-state index is 9.24. The van der Waals surface area contributed by atoms with Crippen molar-refractivity contribution >= 4 is 0 Å². The van der Waals surface area contributed by atoms with Gasteiger partial charge in [-0.15, -0.1) is 0 Å². The molecule has 2 atom stereocenters. The molecule has 0 aromatic rings. The van der Waals surface area contributed by atoms with Gasteiger partial charge in [-0.05, 0) is 13.3 Å². The smallest absolute Gasteiger partial charge is 0.165 e. The molecule has 1 N–H and O–H groups in total. The SMILES string of the molecule is C[C@H]1CCO[C@]1(C)O. The van der Waals surface area contributed by atoms with Gasteiger partial charge in [0.2, 0.25) is 0 Å².